The van der Waals surface area contributed by atoms with E-state index in [1.165, 1.54) is 16.7 Å². The number of aromatic nitrogens is 1. The summed E-state index contributed by atoms with van der Waals surface area (Å²) in [4.78, 5) is 4.56. The molecule has 2 aromatic carbocycles. The fraction of sp³-hybridized carbons (Fsp3) is 0.190. The molecule has 26 heavy (non-hydrogen) atoms. The highest BCUT2D eigenvalue weighted by atomic mass is 79.9. The van der Waals surface area contributed by atoms with Crippen LogP contribution < -0.4 is 14.8 Å². The zero-order chi connectivity index (χ0) is 18.1. The van der Waals surface area contributed by atoms with E-state index in [0.717, 1.165) is 39.5 Å². The summed E-state index contributed by atoms with van der Waals surface area (Å²) < 4.78 is 11.8. The Morgan fingerprint density at radius 1 is 1.04 bits per heavy atom. The average molecular weight is 411 g/mol. The first kappa shape index (κ1) is 16.9. The van der Waals surface area contributed by atoms with Gasteiger partial charge in [-0.05, 0) is 54.8 Å². The van der Waals surface area contributed by atoms with Crippen LogP contribution in [0.1, 0.15) is 16.7 Å². The van der Waals surface area contributed by atoms with Crippen molar-refractivity contribution in [1.82, 2.24) is 4.98 Å². The summed E-state index contributed by atoms with van der Waals surface area (Å²) in [6, 6.07) is 14.3. The number of halogens is 1. The van der Waals surface area contributed by atoms with Crippen LogP contribution in [0, 0.1) is 13.8 Å². The number of hydrogen-bond acceptors (Lipinski definition) is 4. The van der Waals surface area contributed by atoms with Crippen LogP contribution in [0.25, 0.3) is 11.1 Å². The van der Waals surface area contributed by atoms with Crippen LogP contribution in [-0.2, 0) is 6.54 Å². The van der Waals surface area contributed by atoms with Gasteiger partial charge < -0.3 is 14.8 Å². The average Bonchev–Trinajstić information content (AvgIpc) is 3.08. The first-order valence-electron chi connectivity index (χ1n) is 8.46. The van der Waals surface area contributed by atoms with Gasteiger partial charge in [0.25, 0.3) is 0 Å². The molecular formula is C21H19BrN2O2. The van der Waals surface area contributed by atoms with Gasteiger partial charge in [-0.1, -0.05) is 34.1 Å². The van der Waals surface area contributed by atoms with E-state index >= 15 is 0 Å². The second-order valence-corrected chi connectivity index (χ2v) is 7.20. The van der Waals surface area contributed by atoms with Crippen LogP contribution >= 0.6 is 15.9 Å². The van der Waals surface area contributed by atoms with Crippen LogP contribution in [0.4, 0.5) is 5.82 Å². The first-order valence-corrected chi connectivity index (χ1v) is 9.25. The minimum absolute atomic E-state index is 0.269. The summed E-state index contributed by atoms with van der Waals surface area (Å²) in [5, 5.41) is 3.41. The molecule has 0 spiro atoms. The van der Waals surface area contributed by atoms with E-state index in [4.69, 9.17) is 9.47 Å². The third kappa shape index (κ3) is 3.27. The highest BCUT2D eigenvalue weighted by Gasteiger charge is 2.17. The Hall–Kier alpha value is -2.53. The number of pyridine rings is 1. The molecule has 0 unspecified atom stereocenters. The van der Waals surface area contributed by atoms with Crippen molar-refractivity contribution in [2.45, 2.75) is 20.4 Å². The zero-order valence-electron chi connectivity index (χ0n) is 14.7. The predicted octanol–water partition coefficient (Wildman–Crippen LogP) is 5.47. The third-order valence-electron chi connectivity index (χ3n) is 4.63. The molecule has 1 aromatic heterocycles. The van der Waals surface area contributed by atoms with E-state index in [1.54, 1.807) is 0 Å². The standard InChI is InChI=1S/C21H19BrN2O2/c1-13-4-3-5-14(2)17(13)11-24-21-7-6-15(10-23-21)16-8-19-20(9-18(16)22)26-12-25-19/h3-10H,11-12H2,1-2H3,(H,23,24). The topological polar surface area (TPSA) is 43.4 Å². The minimum Gasteiger partial charge on any atom is -0.454 e. The molecule has 3 aromatic rings. The lowest BCUT2D eigenvalue weighted by Crippen LogP contribution is -2.04. The predicted molar refractivity (Wildman–Crippen MR) is 107 cm³/mol. The van der Waals surface area contributed by atoms with Gasteiger partial charge in [0.05, 0.1) is 0 Å². The lowest BCUT2D eigenvalue weighted by Gasteiger charge is -2.12. The highest BCUT2D eigenvalue weighted by molar-refractivity contribution is 9.10. The normalized spacial score (nSPS) is 12.3. The molecule has 0 saturated carbocycles. The smallest absolute Gasteiger partial charge is 0.231 e. The van der Waals surface area contributed by atoms with Crippen molar-refractivity contribution in [1.29, 1.82) is 0 Å². The summed E-state index contributed by atoms with van der Waals surface area (Å²) in [7, 11) is 0. The van der Waals surface area contributed by atoms with E-state index < -0.39 is 0 Å². The lowest BCUT2D eigenvalue weighted by molar-refractivity contribution is 0.174. The minimum atomic E-state index is 0.269. The molecule has 4 nitrogen and oxygen atoms in total. The van der Waals surface area contributed by atoms with Gasteiger partial charge in [-0.3, -0.25) is 0 Å². The molecule has 0 aliphatic carbocycles. The zero-order valence-corrected chi connectivity index (χ0v) is 16.3. The van der Waals surface area contributed by atoms with Crippen LogP contribution in [0.15, 0.2) is 53.1 Å². The van der Waals surface area contributed by atoms with Gasteiger partial charge in [-0.2, -0.15) is 0 Å². The van der Waals surface area contributed by atoms with Crippen molar-refractivity contribution >= 4 is 21.7 Å². The number of rotatable bonds is 4. The fourth-order valence-corrected chi connectivity index (χ4v) is 3.65. The van der Waals surface area contributed by atoms with Gasteiger partial charge in [-0.25, -0.2) is 4.98 Å². The summed E-state index contributed by atoms with van der Waals surface area (Å²) in [6.07, 6.45) is 1.87. The summed E-state index contributed by atoms with van der Waals surface area (Å²) in [5.74, 6) is 2.38. The van der Waals surface area contributed by atoms with E-state index in [-0.39, 0.29) is 6.79 Å². The SMILES string of the molecule is Cc1cccc(C)c1CNc1ccc(-c2cc3c(cc2Br)OCO3)cn1. The van der Waals surface area contributed by atoms with Gasteiger partial charge in [0.1, 0.15) is 5.82 Å². The Balaban J connectivity index is 1.52. The second kappa shape index (κ2) is 7.00. The Morgan fingerprint density at radius 3 is 2.46 bits per heavy atom. The monoisotopic (exact) mass is 410 g/mol. The highest BCUT2D eigenvalue weighted by Crippen LogP contribution is 2.40. The molecule has 0 radical (unpaired) electrons. The van der Waals surface area contributed by atoms with Crippen molar-refractivity contribution in [3.63, 3.8) is 0 Å². The molecule has 132 valence electrons. The molecule has 0 bridgehead atoms. The van der Waals surface area contributed by atoms with Gasteiger partial charge >= 0.3 is 0 Å². The van der Waals surface area contributed by atoms with Crippen molar-refractivity contribution in [2.24, 2.45) is 0 Å². The molecular weight excluding hydrogens is 392 g/mol. The van der Waals surface area contributed by atoms with Crippen LogP contribution in [0.3, 0.4) is 0 Å². The molecule has 5 heteroatoms. The molecule has 2 heterocycles. The van der Waals surface area contributed by atoms with Gasteiger partial charge in [0.2, 0.25) is 6.79 Å². The number of benzene rings is 2. The number of hydrogen-bond donors (Lipinski definition) is 1. The Kier molecular flexibility index (Phi) is 4.55. The number of aryl methyl sites for hydroxylation is 2. The number of nitrogens with zero attached hydrogens (tertiary/aromatic N) is 1. The van der Waals surface area contributed by atoms with Crippen molar-refractivity contribution in [2.75, 3.05) is 12.1 Å². The Bertz CT molecular complexity index is 935. The number of nitrogens with one attached hydrogen (secondary N) is 1. The Labute approximate surface area is 161 Å². The van der Waals surface area contributed by atoms with Crippen LogP contribution in [-0.4, -0.2) is 11.8 Å². The van der Waals surface area contributed by atoms with E-state index in [2.05, 4.69) is 64.3 Å². The Morgan fingerprint density at radius 2 is 1.77 bits per heavy atom. The number of fused-ring (bicyclic) bond motifs is 1. The summed E-state index contributed by atoms with van der Waals surface area (Å²) in [6.45, 7) is 5.30. The molecule has 1 N–H and O–H groups in total. The molecule has 1 aliphatic heterocycles. The van der Waals surface area contributed by atoms with Crippen molar-refractivity contribution in [3.05, 3.63) is 69.8 Å². The second-order valence-electron chi connectivity index (χ2n) is 6.34. The largest absolute Gasteiger partial charge is 0.454 e. The fourth-order valence-electron chi connectivity index (χ4n) is 3.10. The maximum Gasteiger partial charge on any atom is 0.231 e. The summed E-state index contributed by atoms with van der Waals surface area (Å²) in [5.41, 5.74) is 5.95. The molecule has 0 fully saturated rings. The first-order chi connectivity index (χ1) is 12.6. The van der Waals surface area contributed by atoms with E-state index in [1.807, 2.05) is 24.4 Å². The van der Waals surface area contributed by atoms with Crippen LogP contribution in [0.5, 0.6) is 11.5 Å². The third-order valence-corrected chi connectivity index (χ3v) is 5.28. The molecule has 0 saturated heterocycles. The lowest BCUT2D eigenvalue weighted by atomic mass is 10.0. The quantitative estimate of drug-likeness (QED) is 0.619. The van der Waals surface area contributed by atoms with Crippen molar-refractivity contribution in [3.8, 4) is 22.6 Å². The van der Waals surface area contributed by atoms with E-state index in [0.29, 0.717) is 0 Å². The van der Waals surface area contributed by atoms with Crippen molar-refractivity contribution < 1.29 is 9.47 Å². The van der Waals surface area contributed by atoms with Crippen LogP contribution in [0.2, 0.25) is 0 Å². The molecule has 0 atom stereocenters. The van der Waals surface area contributed by atoms with Gasteiger partial charge in [-0.15, -0.1) is 0 Å². The maximum atomic E-state index is 5.47. The number of anilines is 1. The number of ether oxygens (including phenoxy) is 2. The van der Waals surface area contributed by atoms with E-state index in [9.17, 15) is 0 Å². The van der Waals surface area contributed by atoms with Gasteiger partial charge in [0.15, 0.2) is 11.5 Å². The molecule has 4 rings (SSSR count). The summed E-state index contributed by atoms with van der Waals surface area (Å²) >= 11 is 3.60. The molecule has 0 amide bonds. The van der Waals surface area contributed by atoms with Gasteiger partial charge in [0, 0.05) is 28.3 Å². The molecule has 1 aliphatic rings. The maximum absolute atomic E-state index is 5.47.